The number of nitrogens with one attached hydrogen (secondary N) is 1. The van der Waals surface area contributed by atoms with E-state index in [1.165, 1.54) is 0 Å². The van der Waals surface area contributed by atoms with Crippen LogP contribution in [0, 0.1) is 0 Å². The van der Waals surface area contributed by atoms with Gasteiger partial charge in [0.15, 0.2) is 13.2 Å². The lowest BCUT2D eigenvalue weighted by atomic mass is 10.1. The molecule has 0 radical (unpaired) electrons. The minimum atomic E-state index is 0.00586. The highest BCUT2D eigenvalue weighted by atomic mass is 16.3. The van der Waals surface area contributed by atoms with Crippen LogP contribution in [0.5, 0.6) is 0 Å². The molecule has 0 fully saturated rings. The number of hydrogen-bond donors (Lipinski definition) is 2. The largest absolute Gasteiger partial charge is 0.392 e. The summed E-state index contributed by atoms with van der Waals surface area (Å²) in [7, 11) is 1.91. The molecule has 0 aliphatic rings. The van der Waals surface area contributed by atoms with E-state index < -0.39 is 0 Å². The molecule has 0 spiro atoms. The Morgan fingerprint density at radius 1 is 1.50 bits per heavy atom. The first kappa shape index (κ1) is 8.90. The molecule has 2 rings (SSSR count). The molecule has 14 heavy (non-hydrogen) atoms. The van der Waals surface area contributed by atoms with Gasteiger partial charge < -0.3 is 5.11 Å². The Labute approximate surface area is 81.8 Å². The van der Waals surface area contributed by atoms with Crippen molar-refractivity contribution in [2.75, 3.05) is 0 Å². The molecular formula is C10H12N3O+. The Bertz CT molecular complexity index is 436. The number of hydrogen-bond acceptors (Lipinski definition) is 2. The molecule has 4 nitrogen and oxygen atoms in total. The molecule has 0 bridgehead atoms. The van der Waals surface area contributed by atoms with Crippen LogP contribution in [-0.4, -0.2) is 15.2 Å². The van der Waals surface area contributed by atoms with Gasteiger partial charge in [0.2, 0.25) is 0 Å². The average molecular weight is 190 g/mol. The van der Waals surface area contributed by atoms with Crippen LogP contribution in [0.15, 0.2) is 30.6 Å². The predicted octanol–water partition coefficient (Wildman–Crippen LogP) is 0.393. The SMILES string of the molecule is C[n+]1ccc(-c2ncccc2CO)[nH]1. The van der Waals surface area contributed by atoms with Crippen LogP contribution in [0.2, 0.25) is 0 Å². The molecule has 0 unspecified atom stereocenters. The van der Waals surface area contributed by atoms with Crippen LogP contribution in [0.3, 0.4) is 0 Å². The van der Waals surface area contributed by atoms with E-state index in [0.29, 0.717) is 0 Å². The van der Waals surface area contributed by atoms with Gasteiger partial charge in [-0.15, -0.1) is 4.68 Å². The van der Waals surface area contributed by atoms with Crippen molar-refractivity contribution in [2.45, 2.75) is 6.61 Å². The molecule has 2 N–H and O–H groups in total. The van der Waals surface area contributed by atoms with Gasteiger partial charge in [-0.2, -0.15) is 5.10 Å². The number of nitrogens with zero attached hydrogens (tertiary/aromatic N) is 2. The summed E-state index contributed by atoms with van der Waals surface area (Å²) in [5, 5.41) is 12.2. The predicted molar refractivity (Wildman–Crippen MR) is 51.1 cm³/mol. The second-order valence-corrected chi connectivity index (χ2v) is 3.12. The van der Waals surface area contributed by atoms with E-state index in [9.17, 15) is 0 Å². The number of aromatic nitrogens is 3. The van der Waals surface area contributed by atoms with E-state index in [2.05, 4.69) is 10.1 Å². The van der Waals surface area contributed by atoms with Gasteiger partial charge in [0.1, 0.15) is 5.69 Å². The first-order valence-corrected chi connectivity index (χ1v) is 4.41. The fourth-order valence-electron chi connectivity index (χ4n) is 1.39. The van der Waals surface area contributed by atoms with Crippen LogP contribution in [0.1, 0.15) is 5.56 Å². The summed E-state index contributed by atoms with van der Waals surface area (Å²) in [5.41, 5.74) is 2.54. The maximum atomic E-state index is 9.13. The van der Waals surface area contributed by atoms with Crippen molar-refractivity contribution in [2.24, 2.45) is 7.05 Å². The third kappa shape index (κ3) is 1.52. The van der Waals surface area contributed by atoms with E-state index in [1.807, 2.05) is 36.1 Å². The van der Waals surface area contributed by atoms with Gasteiger partial charge in [0.05, 0.1) is 12.3 Å². The topological polar surface area (TPSA) is 52.8 Å². The van der Waals surface area contributed by atoms with Gasteiger partial charge in [-0.3, -0.25) is 4.98 Å². The number of aryl methyl sites for hydroxylation is 1. The van der Waals surface area contributed by atoms with E-state index in [1.54, 1.807) is 6.20 Å². The molecular weight excluding hydrogens is 178 g/mol. The summed E-state index contributed by atoms with van der Waals surface area (Å²) in [5.74, 6) is 0. The number of aliphatic hydroxyl groups is 1. The molecule has 0 amide bonds. The normalized spacial score (nSPS) is 10.4. The monoisotopic (exact) mass is 190 g/mol. The van der Waals surface area contributed by atoms with E-state index >= 15 is 0 Å². The third-order valence-corrected chi connectivity index (χ3v) is 2.08. The molecule has 0 aromatic carbocycles. The quantitative estimate of drug-likeness (QED) is 0.673. The highest BCUT2D eigenvalue weighted by Gasteiger charge is 2.09. The minimum Gasteiger partial charge on any atom is -0.392 e. The van der Waals surface area contributed by atoms with Crippen molar-refractivity contribution in [3.63, 3.8) is 0 Å². The zero-order valence-corrected chi connectivity index (χ0v) is 7.94. The molecule has 0 aliphatic heterocycles. The highest BCUT2D eigenvalue weighted by molar-refractivity contribution is 5.57. The second-order valence-electron chi connectivity index (χ2n) is 3.12. The Kier molecular flexibility index (Phi) is 2.28. The Hall–Kier alpha value is -1.68. The maximum Gasteiger partial charge on any atom is 0.195 e. The van der Waals surface area contributed by atoms with Crippen molar-refractivity contribution in [1.82, 2.24) is 10.1 Å². The van der Waals surface area contributed by atoms with Crippen LogP contribution in [0.25, 0.3) is 11.4 Å². The summed E-state index contributed by atoms with van der Waals surface area (Å²) >= 11 is 0. The minimum absolute atomic E-state index is 0.00586. The number of aromatic amines is 1. The van der Waals surface area contributed by atoms with Crippen molar-refractivity contribution < 1.29 is 9.79 Å². The number of aliphatic hydroxyl groups excluding tert-OH is 1. The third-order valence-electron chi connectivity index (χ3n) is 2.08. The molecule has 0 atom stereocenters. The van der Waals surface area contributed by atoms with Gasteiger partial charge in [0, 0.05) is 17.8 Å². The van der Waals surface area contributed by atoms with Crippen molar-refractivity contribution in [1.29, 1.82) is 0 Å². The summed E-state index contributed by atoms with van der Waals surface area (Å²) in [6.45, 7) is 0.00586. The zero-order valence-electron chi connectivity index (χ0n) is 7.94. The molecule has 0 aliphatic carbocycles. The van der Waals surface area contributed by atoms with Crippen LogP contribution < -0.4 is 4.68 Å². The standard InChI is InChI=1S/C10H11N3O/c1-13-6-4-9(12-13)10-8(7-14)3-2-5-11-10/h2-6,14H,7H2,1H3/p+1. The Morgan fingerprint density at radius 3 is 3.00 bits per heavy atom. The van der Waals surface area contributed by atoms with Gasteiger partial charge in [-0.25, -0.2) is 0 Å². The first-order valence-electron chi connectivity index (χ1n) is 4.41. The molecule has 0 saturated heterocycles. The van der Waals surface area contributed by atoms with Crippen LogP contribution in [-0.2, 0) is 13.7 Å². The van der Waals surface area contributed by atoms with Gasteiger partial charge in [0.25, 0.3) is 0 Å². The molecule has 4 heteroatoms. The summed E-state index contributed by atoms with van der Waals surface area (Å²) in [6.07, 6.45) is 3.63. The van der Waals surface area contributed by atoms with E-state index in [0.717, 1.165) is 17.0 Å². The number of rotatable bonds is 2. The lowest BCUT2D eigenvalue weighted by molar-refractivity contribution is -0.726. The Morgan fingerprint density at radius 2 is 2.36 bits per heavy atom. The number of H-pyrrole nitrogens is 1. The van der Waals surface area contributed by atoms with Gasteiger partial charge in [-0.05, 0) is 6.07 Å². The molecule has 72 valence electrons. The first-order chi connectivity index (χ1) is 6.81. The summed E-state index contributed by atoms with van der Waals surface area (Å²) < 4.78 is 1.84. The zero-order chi connectivity index (χ0) is 9.97. The van der Waals surface area contributed by atoms with Crippen LogP contribution >= 0.6 is 0 Å². The highest BCUT2D eigenvalue weighted by Crippen LogP contribution is 2.17. The molecule has 2 heterocycles. The van der Waals surface area contributed by atoms with Crippen LogP contribution in [0.4, 0.5) is 0 Å². The average Bonchev–Trinajstić information content (AvgIpc) is 2.65. The Balaban J connectivity index is 2.50. The van der Waals surface area contributed by atoms with Gasteiger partial charge >= 0.3 is 0 Å². The fraction of sp³-hybridized carbons (Fsp3) is 0.200. The number of pyridine rings is 1. The van der Waals surface area contributed by atoms with Crippen molar-refractivity contribution in [3.05, 3.63) is 36.2 Å². The van der Waals surface area contributed by atoms with Crippen molar-refractivity contribution in [3.8, 4) is 11.4 Å². The van der Waals surface area contributed by atoms with Gasteiger partial charge in [-0.1, -0.05) is 6.07 Å². The molecule has 2 aromatic heterocycles. The lowest BCUT2D eigenvalue weighted by Gasteiger charge is -2.01. The van der Waals surface area contributed by atoms with E-state index in [-0.39, 0.29) is 6.61 Å². The van der Waals surface area contributed by atoms with Crippen molar-refractivity contribution >= 4 is 0 Å². The molecule has 0 saturated carbocycles. The summed E-state index contributed by atoms with van der Waals surface area (Å²) in [6, 6.07) is 5.61. The summed E-state index contributed by atoms with van der Waals surface area (Å²) in [4.78, 5) is 4.23. The fourth-order valence-corrected chi connectivity index (χ4v) is 1.39. The lowest BCUT2D eigenvalue weighted by Crippen LogP contribution is -2.28. The maximum absolute atomic E-state index is 9.13. The van der Waals surface area contributed by atoms with E-state index in [4.69, 9.17) is 5.11 Å². The molecule has 2 aromatic rings. The second kappa shape index (κ2) is 3.59. The smallest absolute Gasteiger partial charge is 0.195 e.